The summed E-state index contributed by atoms with van der Waals surface area (Å²) in [6.07, 6.45) is 3.97. The number of nitrogens with one attached hydrogen (secondary N) is 1. The number of allylic oxidation sites excluding steroid dienone is 1. The smallest absolute Gasteiger partial charge is 0.271 e. The second-order valence-corrected chi connectivity index (χ2v) is 7.70. The van der Waals surface area contributed by atoms with Crippen molar-refractivity contribution in [1.29, 1.82) is 0 Å². The number of methoxy groups -OCH3 is 1. The lowest BCUT2D eigenvalue weighted by Gasteiger charge is -2.41. The first-order chi connectivity index (χ1) is 13.2. The molecule has 3 rings (SSSR count). The van der Waals surface area contributed by atoms with Crippen LogP contribution in [0.4, 0.5) is 5.69 Å². The van der Waals surface area contributed by atoms with Gasteiger partial charge >= 0.3 is 0 Å². The molecule has 0 fully saturated rings. The van der Waals surface area contributed by atoms with Crippen LogP contribution in [-0.4, -0.2) is 31.8 Å². The lowest BCUT2D eigenvalue weighted by atomic mass is 9.87. The third-order valence-corrected chi connectivity index (χ3v) is 5.31. The number of carbonyl (C=O) groups is 1. The van der Waals surface area contributed by atoms with Gasteiger partial charge < -0.3 is 9.64 Å². The first kappa shape index (κ1) is 19.7. The van der Waals surface area contributed by atoms with Crippen molar-refractivity contribution in [2.24, 2.45) is 5.10 Å². The van der Waals surface area contributed by atoms with E-state index in [1.165, 1.54) is 16.8 Å². The molecule has 28 heavy (non-hydrogen) atoms. The van der Waals surface area contributed by atoms with Crippen molar-refractivity contribution in [2.75, 3.05) is 19.1 Å². The molecule has 0 atom stereocenters. The number of likely N-dealkylation sites (N-methyl/N-ethyl adjacent to an activating group) is 1. The molecule has 1 N–H and O–H groups in total. The molecule has 1 heterocycles. The highest BCUT2D eigenvalue weighted by molar-refractivity contribution is 5.95. The number of carbonyl (C=O) groups excluding carboxylic acids is 1. The van der Waals surface area contributed by atoms with Crippen molar-refractivity contribution >= 4 is 23.4 Å². The summed E-state index contributed by atoms with van der Waals surface area (Å²) in [6, 6.07) is 11.3. The molecule has 2 aromatic carbocycles. The van der Waals surface area contributed by atoms with E-state index in [9.17, 15) is 4.79 Å². The summed E-state index contributed by atoms with van der Waals surface area (Å²) in [4.78, 5) is 14.6. The molecule has 2 aromatic rings. The monoisotopic (exact) mass is 377 g/mol. The van der Waals surface area contributed by atoms with Gasteiger partial charge in [-0.1, -0.05) is 12.1 Å². The van der Waals surface area contributed by atoms with Gasteiger partial charge in [0.1, 0.15) is 5.75 Å². The summed E-state index contributed by atoms with van der Waals surface area (Å²) in [5, 5.41) is 4.16. The molecule has 0 saturated heterocycles. The van der Waals surface area contributed by atoms with E-state index in [4.69, 9.17) is 4.74 Å². The van der Waals surface area contributed by atoms with Crippen LogP contribution in [0.25, 0.3) is 5.57 Å². The number of benzene rings is 2. The van der Waals surface area contributed by atoms with E-state index in [1.807, 2.05) is 0 Å². The average Bonchev–Trinajstić information content (AvgIpc) is 2.66. The minimum atomic E-state index is -0.275. The Balaban J connectivity index is 1.82. The standard InChI is InChI=1S/C23H27N3O2/c1-15-10-21-20(16(2)13-23(3,4)26(21)5)12-18(15)14-24-25-22(27)17-8-7-9-19(11-17)28-6/h7-14H,1-6H3,(H,25,27)/b24-14-. The Hall–Kier alpha value is -3.08. The predicted molar refractivity (Wildman–Crippen MR) is 115 cm³/mol. The first-order valence-electron chi connectivity index (χ1n) is 9.28. The molecule has 1 aliphatic heterocycles. The molecule has 146 valence electrons. The number of ether oxygens (including phenoxy) is 1. The number of fused-ring (bicyclic) bond motifs is 1. The van der Waals surface area contributed by atoms with Crippen LogP contribution in [0, 0.1) is 6.92 Å². The average molecular weight is 377 g/mol. The zero-order valence-electron chi connectivity index (χ0n) is 17.3. The third kappa shape index (κ3) is 3.79. The highest BCUT2D eigenvalue weighted by Gasteiger charge is 2.28. The van der Waals surface area contributed by atoms with Crippen LogP contribution < -0.4 is 15.1 Å². The largest absolute Gasteiger partial charge is 0.497 e. The maximum Gasteiger partial charge on any atom is 0.271 e. The molecule has 5 heteroatoms. The molecule has 0 aromatic heterocycles. The number of hydrogen-bond donors (Lipinski definition) is 1. The van der Waals surface area contributed by atoms with Crippen LogP contribution in [0.15, 0.2) is 47.6 Å². The zero-order valence-corrected chi connectivity index (χ0v) is 17.3. The van der Waals surface area contributed by atoms with E-state index < -0.39 is 0 Å². The van der Waals surface area contributed by atoms with Gasteiger partial charge in [0.2, 0.25) is 0 Å². The Morgan fingerprint density at radius 2 is 1.96 bits per heavy atom. The predicted octanol–water partition coefficient (Wildman–Crippen LogP) is 4.40. The fourth-order valence-electron chi connectivity index (χ4n) is 3.45. The summed E-state index contributed by atoms with van der Waals surface area (Å²) in [5.41, 5.74) is 8.79. The van der Waals surface area contributed by atoms with E-state index in [-0.39, 0.29) is 11.4 Å². The van der Waals surface area contributed by atoms with Crippen LogP contribution in [0.5, 0.6) is 5.75 Å². The second kappa shape index (κ2) is 7.50. The number of anilines is 1. The molecule has 1 amide bonds. The van der Waals surface area contributed by atoms with Crippen LogP contribution in [0.3, 0.4) is 0 Å². The van der Waals surface area contributed by atoms with E-state index in [1.54, 1.807) is 37.6 Å². The van der Waals surface area contributed by atoms with E-state index in [0.717, 1.165) is 11.1 Å². The highest BCUT2D eigenvalue weighted by atomic mass is 16.5. The topological polar surface area (TPSA) is 53.9 Å². The summed E-state index contributed by atoms with van der Waals surface area (Å²) in [7, 11) is 3.69. The molecule has 1 aliphatic rings. The summed E-state index contributed by atoms with van der Waals surface area (Å²) >= 11 is 0. The molecular formula is C23H27N3O2. The lowest BCUT2D eigenvalue weighted by Crippen LogP contribution is -2.42. The molecule has 0 spiro atoms. The van der Waals surface area contributed by atoms with Gasteiger partial charge in [-0.2, -0.15) is 5.10 Å². The van der Waals surface area contributed by atoms with E-state index in [0.29, 0.717) is 11.3 Å². The van der Waals surface area contributed by atoms with Crippen LogP contribution in [0.2, 0.25) is 0 Å². The van der Waals surface area contributed by atoms with Gasteiger partial charge in [-0.25, -0.2) is 5.43 Å². The van der Waals surface area contributed by atoms with Gasteiger partial charge in [0.25, 0.3) is 5.91 Å². The van der Waals surface area contributed by atoms with Crippen molar-refractivity contribution in [2.45, 2.75) is 33.2 Å². The number of nitrogens with zero attached hydrogens (tertiary/aromatic N) is 2. The van der Waals surface area contributed by atoms with Crippen molar-refractivity contribution < 1.29 is 9.53 Å². The Kier molecular flexibility index (Phi) is 5.27. The number of hydrazone groups is 1. The maximum absolute atomic E-state index is 12.3. The minimum absolute atomic E-state index is 0.0240. The lowest BCUT2D eigenvalue weighted by molar-refractivity contribution is 0.0955. The normalized spacial score (nSPS) is 15.2. The zero-order chi connectivity index (χ0) is 20.5. The number of aryl methyl sites for hydroxylation is 1. The maximum atomic E-state index is 12.3. The third-order valence-electron chi connectivity index (χ3n) is 5.31. The van der Waals surface area contributed by atoms with Crippen molar-refractivity contribution in [3.8, 4) is 5.75 Å². The summed E-state index contributed by atoms with van der Waals surface area (Å²) < 4.78 is 5.15. The Morgan fingerprint density at radius 3 is 2.68 bits per heavy atom. The van der Waals surface area contributed by atoms with Gasteiger partial charge in [-0.05, 0) is 74.7 Å². The number of amides is 1. The molecule has 5 nitrogen and oxygen atoms in total. The van der Waals surface area contributed by atoms with Gasteiger partial charge in [-0.15, -0.1) is 0 Å². The Morgan fingerprint density at radius 1 is 1.21 bits per heavy atom. The fraction of sp³-hybridized carbons (Fsp3) is 0.304. The SMILES string of the molecule is COc1cccc(C(=O)N/N=C\c2cc3c(cc2C)N(C)C(C)(C)C=C3C)c1. The van der Waals surface area contributed by atoms with E-state index >= 15 is 0 Å². The van der Waals surface area contributed by atoms with Crippen LogP contribution in [-0.2, 0) is 0 Å². The van der Waals surface area contributed by atoms with Gasteiger partial charge in [0, 0.05) is 23.9 Å². The fourth-order valence-corrected chi connectivity index (χ4v) is 3.45. The first-order valence-corrected chi connectivity index (χ1v) is 9.28. The highest BCUT2D eigenvalue weighted by Crippen LogP contribution is 2.38. The van der Waals surface area contributed by atoms with Gasteiger partial charge in [0.15, 0.2) is 0 Å². The quantitative estimate of drug-likeness (QED) is 0.635. The van der Waals surface area contributed by atoms with Gasteiger partial charge in [-0.3, -0.25) is 4.79 Å². The number of hydrogen-bond acceptors (Lipinski definition) is 4. The molecule has 0 unspecified atom stereocenters. The van der Waals surface area contributed by atoms with E-state index in [2.05, 4.69) is 68.4 Å². The Bertz CT molecular complexity index is 974. The summed E-state index contributed by atoms with van der Waals surface area (Å²) in [5.74, 6) is 0.361. The Labute approximate surface area is 166 Å². The molecule has 0 saturated carbocycles. The van der Waals surface area contributed by atoms with Gasteiger partial charge in [0.05, 0.1) is 18.9 Å². The molecular weight excluding hydrogens is 350 g/mol. The minimum Gasteiger partial charge on any atom is -0.497 e. The van der Waals surface area contributed by atoms with Crippen LogP contribution in [0.1, 0.15) is 47.8 Å². The number of rotatable bonds is 4. The van der Waals surface area contributed by atoms with Crippen molar-refractivity contribution in [3.05, 3.63) is 64.7 Å². The second-order valence-electron chi connectivity index (χ2n) is 7.70. The van der Waals surface area contributed by atoms with Crippen molar-refractivity contribution in [1.82, 2.24) is 5.43 Å². The van der Waals surface area contributed by atoms with Crippen LogP contribution >= 0.6 is 0 Å². The molecule has 0 radical (unpaired) electrons. The molecule has 0 bridgehead atoms. The van der Waals surface area contributed by atoms with Crippen molar-refractivity contribution in [3.63, 3.8) is 0 Å². The molecule has 0 aliphatic carbocycles. The summed E-state index contributed by atoms with van der Waals surface area (Å²) in [6.45, 7) is 8.60.